The quantitative estimate of drug-likeness (QED) is 0.197. The van der Waals surface area contributed by atoms with Crippen LogP contribution in [0.4, 0.5) is 11.6 Å². The molecule has 0 spiro atoms. The van der Waals surface area contributed by atoms with E-state index >= 15 is 0 Å². The molecule has 43 heavy (non-hydrogen) atoms. The lowest BCUT2D eigenvalue weighted by Crippen LogP contribution is -2.30. The third-order valence-corrected chi connectivity index (χ3v) is 9.74. The molecular formula is C40H31NOS. The average molecular weight is 574 g/mol. The normalized spacial score (nSPS) is 14.9. The van der Waals surface area contributed by atoms with Gasteiger partial charge in [0.2, 0.25) is 5.88 Å². The number of allylic oxidation sites excluding steroid dienone is 2. The molecule has 2 aromatic heterocycles. The predicted molar refractivity (Wildman–Crippen MR) is 184 cm³/mol. The largest absolute Gasteiger partial charge is 0.440 e. The molecule has 0 fully saturated rings. The highest BCUT2D eigenvalue weighted by Crippen LogP contribution is 2.43. The highest BCUT2D eigenvalue weighted by atomic mass is 32.1. The van der Waals surface area contributed by atoms with Gasteiger partial charge in [0.25, 0.3) is 0 Å². The number of anilines is 2. The lowest BCUT2D eigenvalue weighted by molar-refractivity contribution is 0.584. The van der Waals surface area contributed by atoms with E-state index in [-0.39, 0.29) is 6.04 Å². The van der Waals surface area contributed by atoms with E-state index in [1.165, 1.54) is 53.4 Å². The zero-order valence-corrected chi connectivity index (χ0v) is 24.9. The van der Waals surface area contributed by atoms with Crippen molar-refractivity contribution in [2.75, 3.05) is 4.90 Å². The number of fused-ring (bicyclic) bond motifs is 4. The number of aryl methyl sites for hydroxylation is 1. The number of nitrogens with zero attached hydrogens (tertiary/aromatic N) is 1. The maximum Gasteiger partial charge on any atom is 0.204 e. The Bertz CT molecular complexity index is 2160. The van der Waals surface area contributed by atoms with E-state index in [2.05, 4.69) is 151 Å². The third-order valence-electron chi connectivity index (χ3n) is 8.59. The summed E-state index contributed by atoms with van der Waals surface area (Å²) in [6.07, 6.45) is 8.82. The Hall–Kier alpha value is -4.86. The van der Waals surface area contributed by atoms with Crippen LogP contribution in [-0.4, -0.2) is 6.04 Å². The van der Waals surface area contributed by atoms with Crippen molar-refractivity contribution in [1.29, 1.82) is 0 Å². The molecule has 0 radical (unpaired) electrons. The van der Waals surface area contributed by atoms with Crippen LogP contribution in [0.15, 0.2) is 144 Å². The monoisotopic (exact) mass is 573 g/mol. The van der Waals surface area contributed by atoms with Crippen LogP contribution in [0, 0.1) is 0 Å². The minimum absolute atomic E-state index is 0.0806. The van der Waals surface area contributed by atoms with Crippen molar-refractivity contribution in [2.24, 2.45) is 0 Å². The van der Waals surface area contributed by atoms with Gasteiger partial charge < -0.3 is 9.32 Å². The van der Waals surface area contributed by atoms with Gasteiger partial charge in [0.1, 0.15) is 5.58 Å². The molecule has 1 aliphatic carbocycles. The van der Waals surface area contributed by atoms with Crippen molar-refractivity contribution in [3.63, 3.8) is 0 Å². The fourth-order valence-electron chi connectivity index (χ4n) is 6.57. The summed E-state index contributed by atoms with van der Waals surface area (Å²) in [7, 11) is 0. The number of thiophene rings is 1. The Morgan fingerprint density at radius 1 is 0.721 bits per heavy atom. The SMILES string of the molecule is CCc1c(N(c2ccc3sc4ccccc4c3c2)C2C=C(c3ccccc3-c3ccccc3)C=CC2)oc2ccccc12. The Balaban J connectivity index is 1.32. The van der Waals surface area contributed by atoms with Crippen molar-refractivity contribution in [3.8, 4) is 11.1 Å². The second kappa shape index (κ2) is 10.8. The molecule has 5 aromatic carbocycles. The van der Waals surface area contributed by atoms with Crippen LogP contribution in [0.3, 0.4) is 0 Å². The number of hydrogen-bond donors (Lipinski definition) is 0. The summed E-state index contributed by atoms with van der Waals surface area (Å²) in [5, 5.41) is 3.79. The Morgan fingerprint density at radius 3 is 2.30 bits per heavy atom. The fourth-order valence-corrected chi connectivity index (χ4v) is 7.66. The van der Waals surface area contributed by atoms with E-state index in [9.17, 15) is 0 Å². The standard InChI is InChI=1S/C40H31NOS/c1-2-31-34-19-8-10-21-37(34)42-40(31)41(30-23-24-39-36(26-30)35-20-9-11-22-38(35)43-39)29-16-12-15-28(25-29)33-18-7-6-17-32(33)27-13-4-3-5-14-27/h3-15,17-26,29H,2,16H2,1H3. The highest BCUT2D eigenvalue weighted by Gasteiger charge is 2.28. The van der Waals surface area contributed by atoms with Crippen LogP contribution >= 0.6 is 11.3 Å². The first-order chi connectivity index (χ1) is 21.3. The topological polar surface area (TPSA) is 16.4 Å². The zero-order chi connectivity index (χ0) is 28.8. The van der Waals surface area contributed by atoms with E-state index in [1.807, 2.05) is 11.3 Å². The van der Waals surface area contributed by atoms with Crippen LogP contribution in [-0.2, 0) is 6.42 Å². The summed E-state index contributed by atoms with van der Waals surface area (Å²) in [5.41, 5.74) is 8.29. The maximum absolute atomic E-state index is 6.75. The second-order valence-electron chi connectivity index (χ2n) is 11.1. The van der Waals surface area contributed by atoms with Crippen LogP contribution in [0.5, 0.6) is 0 Å². The molecule has 0 saturated carbocycles. The summed E-state index contributed by atoms with van der Waals surface area (Å²) in [6.45, 7) is 2.23. The average Bonchev–Trinajstić information content (AvgIpc) is 3.63. The van der Waals surface area contributed by atoms with Crippen molar-refractivity contribution < 1.29 is 4.42 Å². The molecule has 0 N–H and O–H groups in total. The first-order valence-corrected chi connectivity index (χ1v) is 15.8. The molecule has 7 aromatic rings. The molecule has 2 nitrogen and oxygen atoms in total. The van der Waals surface area contributed by atoms with Gasteiger partial charge in [0, 0.05) is 36.8 Å². The Kier molecular flexibility index (Phi) is 6.46. The summed E-state index contributed by atoms with van der Waals surface area (Å²) >= 11 is 1.86. The Morgan fingerprint density at radius 2 is 1.44 bits per heavy atom. The predicted octanol–water partition coefficient (Wildman–Crippen LogP) is 11.6. The van der Waals surface area contributed by atoms with Crippen LogP contribution in [0.25, 0.3) is 47.8 Å². The van der Waals surface area contributed by atoms with Crippen LogP contribution < -0.4 is 4.90 Å². The zero-order valence-electron chi connectivity index (χ0n) is 24.0. The fraction of sp³-hybridized carbons (Fsp3) is 0.100. The van der Waals surface area contributed by atoms with Gasteiger partial charge in [-0.3, -0.25) is 0 Å². The van der Waals surface area contributed by atoms with E-state index in [0.29, 0.717) is 0 Å². The van der Waals surface area contributed by atoms with E-state index in [1.54, 1.807) is 0 Å². The van der Waals surface area contributed by atoms with E-state index < -0.39 is 0 Å². The smallest absolute Gasteiger partial charge is 0.204 e. The minimum atomic E-state index is 0.0806. The van der Waals surface area contributed by atoms with Crippen molar-refractivity contribution >= 4 is 59.6 Å². The molecule has 1 aliphatic rings. The molecule has 0 saturated heterocycles. The van der Waals surface area contributed by atoms with E-state index in [0.717, 1.165) is 30.0 Å². The third kappa shape index (κ3) is 4.48. The molecule has 1 atom stereocenters. The molecule has 3 heteroatoms. The number of furan rings is 1. The van der Waals surface area contributed by atoms with Gasteiger partial charge in [-0.2, -0.15) is 0 Å². The summed E-state index contributed by atoms with van der Waals surface area (Å²) in [4.78, 5) is 2.44. The van der Waals surface area contributed by atoms with Gasteiger partial charge in [0.05, 0.1) is 6.04 Å². The van der Waals surface area contributed by atoms with Gasteiger partial charge in [0.15, 0.2) is 0 Å². The number of hydrogen-bond acceptors (Lipinski definition) is 3. The summed E-state index contributed by atoms with van der Waals surface area (Å²) in [5.74, 6) is 0.940. The first kappa shape index (κ1) is 25.8. The maximum atomic E-state index is 6.75. The van der Waals surface area contributed by atoms with Crippen LogP contribution in [0.2, 0.25) is 0 Å². The van der Waals surface area contributed by atoms with Gasteiger partial charge in [-0.25, -0.2) is 0 Å². The van der Waals surface area contributed by atoms with Crippen molar-refractivity contribution in [2.45, 2.75) is 25.8 Å². The van der Waals surface area contributed by atoms with E-state index in [4.69, 9.17) is 4.42 Å². The highest BCUT2D eigenvalue weighted by molar-refractivity contribution is 7.25. The number of para-hydroxylation sites is 1. The molecular weight excluding hydrogens is 543 g/mol. The lowest BCUT2D eigenvalue weighted by atomic mass is 9.90. The summed E-state index contributed by atoms with van der Waals surface area (Å²) in [6, 6.07) is 43.6. The molecule has 1 unspecified atom stereocenters. The van der Waals surface area contributed by atoms with Crippen LogP contribution in [0.1, 0.15) is 24.5 Å². The second-order valence-corrected chi connectivity index (χ2v) is 12.2. The Labute approximate surface area is 255 Å². The van der Waals surface area contributed by atoms with Crippen molar-refractivity contribution in [1.82, 2.24) is 0 Å². The van der Waals surface area contributed by atoms with Gasteiger partial charge in [-0.15, -0.1) is 11.3 Å². The molecule has 0 aliphatic heterocycles. The number of benzene rings is 5. The number of rotatable bonds is 6. The van der Waals surface area contributed by atoms with Crippen molar-refractivity contribution in [3.05, 3.63) is 151 Å². The van der Waals surface area contributed by atoms with Gasteiger partial charge in [-0.05, 0) is 65.4 Å². The van der Waals surface area contributed by atoms with Gasteiger partial charge >= 0.3 is 0 Å². The first-order valence-electron chi connectivity index (χ1n) is 15.0. The molecule has 2 heterocycles. The molecule has 208 valence electrons. The molecule has 0 amide bonds. The molecule has 0 bridgehead atoms. The molecule has 8 rings (SSSR count). The minimum Gasteiger partial charge on any atom is -0.440 e. The van der Waals surface area contributed by atoms with Gasteiger partial charge in [-0.1, -0.05) is 116 Å². The summed E-state index contributed by atoms with van der Waals surface area (Å²) < 4.78 is 9.38. The lowest BCUT2D eigenvalue weighted by Gasteiger charge is -2.32.